The van der Waals surface area contributed by atoms with Crippen molar-refractivity contribution < 1.29 is 15.0 Å². The first-order valence-corrected chi connectivity index (χ1v) is 1.65. The summed E-state index contributed by atoms with van der Waals surface area (Å²) in [6, 6.07) is 0. The van der Waals surface area contributed by atoms with Gasteiger partial charge in [0, 0.05) is 11.7 Å². The summed E-state index contributed by atoms with van der Waals surface area (Å²) in [6.07, 6.45) is 1.58. The monoisotopic (exact) mass is 90.1 g/mol. The van der Waals surface area contributed by atoms with Gasteiger partial charge in [-0.15, -0.1) is 5.26 Å². The van der Waals surface area contributed by atoms with Crippen molar-refractivity contribution in [3.63, 3.8) is 0 Å². The maximum absolute atomic E-state index is 7.73. The molecule has 0 unspecified atom stereocenters. The zero-order valence-electron chi connectivity index (χ0n) is 3.88. The Morgan fingerprint density at radius 1 is 1.83 bits per heavy atom. The molecule has 0 atom stereocenters. The van der Waals surface area contributed by atoms with E-state index in [2.05, 4.69) is 4.99 Å². The van der Waals surface area contributed by atoms with Gasteiger partial charge >= 0.3 is 0 Å². The van der Waals surface area contributed by atoms with Crippen molar-refractivity contribution in [2.24, 2.45) is 0 Å². The van der Waals surface area contributed by atoms with E-state index in [1.165, 1.54) is 4.74 Å². The SMILES string of the molecule is CC=[N+](C)OO. The lowest BCUT2D eigenvalue weighted by Gasteiger charge is -1.78. The van der Waals surface area contributed by atoms with E-state index in [0.29, 0.717) is 0 Å². The molecule has 3 heteroatoms. The molecule has 3 nitrogen and oxygen atoms in total. The van der Waals surface area contributed by atoms with Gasteiger partial charge in [-0.3, -0.25) is 0 Å². The summed E-state index contributed by atoms with van der Waals surface area (Å²) in [4.78, 5) is 3.68. The standard InChI is InChI=1S/C3H7NO2/c1-3-4(2)6-5/h3H,1-2H3/p+1. The van der Waals surface area contributed by atoms with Gasteiger partial charge in [0.25, 0.3) is 0 Å². The summed E-state index contributed by atoms with van der Waals surface area (Å²) < 4.78 is 1.18. The number of hydroxylamine groups is 1. The van der Waals surface area contributed by atoms with Crippen LogP contribution in [0.5, 0.6) is 0 Å². The third kappa shape index (κ3) is 1.72. The molecule has 0 radical (unpaired) electrons. The minimum Gasteiger partial charge on any atom is -0.143 e. The van der Waals surface area contributed by atoms with Crippen molar-refractivity contribution in [2.45, 2.75) is 6.92 Å². The van der Waals surface area contributed by atoms with E-state index in [1.807, 2.05) is 0 Å². The first-order valence-electron chi connectivity index (χ1n) is 1.65. The summed E-state index contributed by atoms with van der Waals surface area (Å²) in [5, 5.41) is 7.73. The molecule has 36 valence electrons. The summed E-state index contributed by atoms with van der Waals surface area (Å²) in [7, 11) is 1.58. The predicted octanol–water partition coefficient (Wildman–Crippen LogP) is 0.124. The van der Waals surface area contributed by atoms with Gasteiger partial charge in [0.15, 0.2) is 13.3 Å². The van der Waals surface area contributed by atoms with Crippen LogP contribution in [0.1, 0.15) is 6.92 Å². The maximum atomic E-state index is 7.73. The molecule has 0 bridgehead atoms. The van der Waals surface area contributed by atoms with Gasteiger partial charge in [-0.1, -0.05) is 4.99 Å². The molecule has 0 aliphatic carbocycles. The number of hydrogen-bond acceptors (Lipinski definition) is 2. The Hall–Kier alpha value is -0.570. The van der Waals surface area contributed by atoms with Gasteiger partial charge < -0.3 is 0 Å². The maximum Gasteiger partial charge on any atom is 0.193 e. The van der Waals surface area contributed by atoms with Crippen LogP contribution in [0, 0.1) is 0 Å². The average molecular weight is 90.1 g/mol. The molecule has 0 aromatic heterocycles. The van der Waals surface area contributed by atoms with Crippen LogP contribution in [-0.4, -0.2) is 23.3 Å². The minimum atomic E-state index is 1.18. The van der Waals surface area contributed by atoms with E-state index >= 15 is 0 Å². The normalized spacial score (nSPS) is 11.5. The van der Waals surface area contributed by atoms with E-state index in [9.17, 15) is 0 Å². The van der Waals surface area contributed by atoms with Crippen molar-refractivity contribution in [1.29, 1.82) is 0 Å². The summed E-state index contributed by atoms with van der Waals surface area (Å²) in [5.41, 5.74) is 0. The molecule has 0 saturated heterocycles. The van der Waals surface area contributed by atoms with E-state index in [-0.39, 0.29) is 0 Å². The van der Waals surface area contributed by atoms with E-state index in [1.54, 1.807) is 20.2 Å². The molecule has 0 aliphatic rings. The molecule has 1 N–H and O–H groups in total. The van der Waals surface area contributed by atoms with Crippen molar-refractivity contribution >= 4 is 6.21 Å². The van der Waals surface area contributed by atoms with Crippen LogP contribution in [0.4, 0.5) is 0 Å². The van der Waals surface area contributed by atoms with Gasteiger partial charge in [0.2, 0.25) is 0 Å². The highest BCUT2D eigenvalue weighted by Gasteiger charge is 1.81. The molecule has 0 spiro atoms. The van der Waals surface area contributed by atoms with Crippen LogP contribution in [0.25, 0.3) is 0 Å². The summed E-state index contributed by atoms with van der Waals surface area (Å²) in [6.45, 7) is 1.75. The number of hydrogen-bond donors (Lipinski definition) is 1. The molecule has 0 aliphatic heterocycles. The van der Waals surface area contributed by atoms with Crippen LogP contribution >= 0.6 is 0 Å². The number of nitrogens with zero attached hydrogens (tertiary/aromatic N) is 1. The van der Waals surface area contributed by atoms with Crippen LogP contribution < -0.4 is 0 Å². The highest BCUT2D eigenvalue weighted by Crippen LogP contribution is 1.57. The van der Waals surface area contributed by atoms with Crippen molar-refractivity contribution in [2.75, 3.05) is 7.05 Å². The predicted molar refractivity (Wildman–Crippen MR) is 21.6 cm³/mol. The molecule has 0 amide bonds. The zero-order chi connectivity index (χ0) is 4.99. The molecule has 0 rings (SSSR count). The van der Waals surface area contributed by atoms with Crippen LogP contribution in [-0.2, 0) is 4.99 Å². The van der Waals surface area contributed by atoms with E-state index in [0.717, 1.165) is 0 Å². The van der Waals surface area contributed by atoms with Gasteiger partial charge in [-0.2, -0.15) is 0 Å². The fourth-order valence-corrected chi connectivity index (χ4v) is 0.0471. The number of rotatable bonds is 1. The molecular weight excluding hydrogens is 82.0 g/mol. The third-order valence-corrected chi connectivity index (χ3v) is 0.492. The minimum absolute atomic E-state index is 1.18. The Labute approximate surface area is 36.4 Å². The second kappa shape index (κ2) is 2.66. The van der Waals surface area contributed by atoms with Crippen molar-refractivity contribution in [1.82, 2.24) is 0 Å². The third-order valence-electron chi connectivity index (χ3n) is 0.492. The van der Waals surface area contributed by atoms with Crippen molar-refractivity contribution in [3.8, 4) is 0 Å². The molecule has 0 fully saturated rings. The van der Waals surface area contributed by atoms with Gasteiger partial charge in [-0.05, 0) is 0 Å². The Morgan fingerprint density at radius 3 is 2.33 bits per heavy atom. The molecule has 0 aromatic carbocycles. The molecule has 0 heterocycles. The fourth-order valence-electron chi connectivity index (χ4n) is 0.0471. The Kier molecular flexibility index (Phi) is 2.40. The highest BCUT2D eigenvalue weighted by molar-refractivity contribution is 5.46. The molecular formula is C3H8NO2+. The van der Waals surface area contributed by atoms with Gasteiger partial charge in [0.1, 0.15) is 0 Å². The quantitative estimate of drug-likeness (QED) is 0.215. The lowest BCUT2D eigenvalue weighted by Crippen LogP contribution is -2.01. The molecule has 0 aromatic rings. The zero-order valence-corrected chi connectivity index (χ0v) is 3.88. The van der Waals surface area contributed by atoms with Crippen LogP contribution in [0.15, 0.2) is 0 Å². The molecule has 6 heavy (non-hydrogen) atoms. The fraction of sp³-hybridized carbons (Fsp3) is 0.667. The summed E-state index contributed by atoms with van der Waals surface area (Å²) >= 11 is 0. The van der Waals surface area contributed by atoms with Crippen LogP contribution in [0.3, 0.4) is 0 Å². The highest BCUT2D eigenvalue weighted by atomic mass is 17.2. The van der Waals surface area contributed by atoms with Crippen LogP contribution in [0.2, 0.25) is 0 Å². The summed E-state index contributed by atoms with van der Waals surface area (Å²) in [5.74, 6) is 0. The topological polar surface area (TPSA) is 32.5 Å². The average Bonchev–Trinajstić information content (AvgIpc) is 1.65. The first kappa shape index (κ1) is 5.43. The second-order valence-electron chi connectivity index (χ2n) is 0.886. The van der Waals surface area contributed by atoms with Gasteiger partial charge in [-0.25, -0.2) is 0 Å². The van der Waals surface area contributed by atoms with E-state index in [4.69, 9.17) is 5.26 Å². The van der Waals surface area contributed by atoms with Crippen molar-refractivity contribution in [3.05, 3.63) is 0 Å². The largest absolute Gasteiger partial charge is 0.193 e. The Bertz CT molecular complexity index is 59.8. The second-order valence-corrected chi connectivity index (χ2v) is 0.886. The first-order chi connectivity index (χ1) is 2.81. The molecule has 0 saturated carbocycles. The lowest BCUT2D eigenvalue weighted by atomic mass is 10.9. The van der Waals surface area contributed by atoms with Gasteiger partial charge in [0.05, 0.1) is 0 Å². The lowest BCUT2D eigenvalue weighted by molar-refractivity contribution is -0.852. The Morgan fingerprint density at radius 2 is 2.33 bits per heavy atom. The smallest absolute Gasteiger partial charge is 0.143 e. The Balaban J connectivity index is 3.22. The van der Waals surface area contributed by atoms with E-state index < -0.39 is 0 Å².